The number of aryl methyl sites for hydroxylation is 2. The number of carbonyl (C=O) groups is 2. The molecule has 1 atom stereocenters. The number of ketones is 1. The molecule has 7 nitrogen and oxygen atoms in total. The zero-order valence-corrected chi connectivity index (χ0v) is 21.2. The number of hydrogen-bond acceptors (Lipinski definition) is 6. The summed E-state index contributed by atoms with van der Waals surface area (Å²) in [6, 6.07) is 18.1. The van der Waals surface area contributed by atoms with Crippen molar-refractivity contribution < 1.29 is 19.4 Å². The van der Waals surface area contributed by atoms with Crippen molar-refractivity contribution in [1.82, 2.24) is 14.5 Å². The summed E-state index contributed by atoms with van der Waals surface area (Å²) in [6.07, 6.45) is 5.94. The van der Waals surface area contributed by atoms with Crippen molar-refractivity contribution in [3.63, 3.8) is 0 Å². The second kappa shape index (κ2) is 10.8. The number of thiophene rings is 1. The Morgan fingerprint density at radius 2 is 1.86 bits per heavy atom. The average Bonchev–Trinajstić information content (AvgIpc) is 3.67. The first-order valence-electron chi connectivity index (χ1n) is 12.1. The molecule has 5 rings (SSSR count). The lowest BCUT2D eigenvalue weighted by Gasteiger charge is -2.24. The summed E-state index contributed by atoms with van der Waals surface area (Å²) in [5.41, 5.74) is 2.82. The number of benzene rings is 2. The van der Waals surface area contributed by atoms with Gasteiger partial charge in [-0.25, -0.2) is 4.98 Å². The van der Waals surface area contributed by atoms with Gasteiger partial charge < -0.3 is 19.3 Å². The second-order valence-corrected chi connectivity index (χ2v) is 9.88. The number of Topliss-reactive ketones (excluding diaryl/α,β-unsaturated/α-hetero) is 1. The fourth-order valence-electron chi connectivity index (χ4n) is 4.49. The Morgan fingerprint density at radius 1 is 1.05 bits per heavy atom. The van der Waals surface area contributed by atoms with Crippen LogP contribution in [0.25, 0.3) is 5.76 Å². The van der Waals surface area contributed by atoms with Crippen molar-refractivity contribution in [3.05, 3.63) is 112 Å². The second-order valence-electron chi connectivity index (χ2n) is 8.90. The molecule has 2 aromatic heterocycles. The summed E-state index contributed by atoms with van der Waals surface area (Å²) < 4.78 is 7.84. The minimum absolute atomic E-state index is 0.114. The molecule has 37 heavy (non-hydrogen) atoms. The molecule has 2 aromatic carbocycles. The number of ether oxygens (including phenoxy) is 1. The number of likely N-dealkylation sites (tertiary alicyclic amines) is 1. The monoisotopic (exact) mass is 513 g/mol. The Hall–Kier alpha value is -4.17. The molecule has 0 spiro atoms. The summed E-state index contributed by atoms with van der Waals surface area (Å²) >= 11 is 1.46. The number of nitrogens with zero attached hydrogens (tertiary/aromatic N) is 3. The van der Waals surface area contributed by atoms with Crippen LogP contribution in [0, 0.1) is 6.92 Å². The largest absolute Gasteiger partial charge is 0.507 e. The number of imidazole rings is 1. The zero-order chi connectivity index (χ0) is 25.8. The van der Waals surface area contributed by atoms with Gasteiger partial charge in [0.15, 0.2) is 0 Å². The van der Waals surface area contributed by atoms with Crippen LogP contribution in [0.5, 0.6) is 5.75 Å². The Morgan fingerprint density at radius 3 is 2.57 bits per heavy atom. The van der Waals surface area contributed by atoms with Crippen molar-refractivity contribution in [1.29, 1.82) is 0 Å². The summed E-state index contributed by atoms with van der Waals surface area (Å²) in [7, 11) is 0. The van der Waals surface area contributed by atoms with E-state index in [-0.39, 0.29) is 11.3 Å². The fourth-order valence-corrected chi connectivity index (χ4v) is 5.34. The molecule has 3 heterocycles. The van der Waals surface area contributed by atoms with E-state index in [1.807, 2.05) is 59.5 Å². The van der Waals surface area contributed by atoms with E-state index in [9.17, 15) is 14.7 Å². The molecule has 8 heteroatoms. The molecule has 1 N–H and O–H groups in total. The normalized spacial score (nSPS) is 16.9. The smallest absolute Gasteiger partial charge is 0.295 e. The number of aliphatic hydroxyl groups excluding tert-OH is 1. The van der Waals surface area contributed by atoms with Crippen molar-refractivity contribution in [3.8, 4) is 5.75 Å². The Balaban J connectivity index is 1.37. The number of carbonyl (C=O) groups excluding carboxylic acids is 2. The molecule has 0 unspecified atom stereocenters. The van der Waals surface area contributed by atoms with E-state index < -0.39 is 17.7 Å². The van der Waals surface area contributed by atoms with Crippen molar-refractivity contribution in [2.75, 3.05) is 6.54 Å². The van der Waals surface area contributed by atoms with Gasteiger partial charge in [-0.05, 0) is 60.2 Å². The first-order chi connectivity index (χ1) is 18.0. The quantitative estimate of drug-likeness (QED) is 0.185. The van der Waals surface area contributed by atoms with E-state index in [2.05, 4.69) is 4.98 Å². The topological polar surface area (TPSA) is 84.7 Å². The van der Waals surface area contributed by atoms with E-state index in [0.717, 1.165) is 16.0 Å². The molecule has 0 bridgehead atoms. The van der Waals surface area contributed by atoms with Gasteiger partial charge in [-0.2, -0.15) is 0 Å². The van der Waals surface area contributed by atoms with Gasteiger partial charge >= 0.3 is 0 Å². The number of aromatic nitrogens is 2. The van der Waals surface area contributed by atoms with Gasteiger partial charge in [-0.15, -0.1) is 11.3 Å². The standard InChI is InChI=1S/C29H27N3O4S/c1-20-6-2-3-7-22(20)18-36-23-11-9-21(10-12-23)27(33)25-26(24-8-4-17-37-24)32(29(35)28(25)34)15-5-14-31-16-13-30-19-31/h2-4,6-13,16-17,19,26,33H,5,14-15,18H2,1H3/t26-/m0/s1. The van der Waals surface area contributed by atoms with Crippen LogP contribution in [0.4, 0.5) is 0 Å². The van der Waals surface area contributed by atoms with E-state index >= 15 is 0 Å². The minimum atomic E-state index is -0.668. The molecular weight excluding hydrogens is 486 g/mol. The number of hydrogen-bond donors (Lipinski definition) is 1. The molecule has 1 saturated heterocycles. The maximum atomic E-state index is 13.1. The van der Waals surface area contributed by atoms with Gasteiger partial charge in [0.1, 0.15) is 18.1 Å². The number of aliphatic hydroxyl groups is 1. The minimum Gasteiger partial charge on any atom is -0.507 e. The van der Waals surface area contributed by atoms with E-state index in [1.54, 1.807) is 41.7 Å². The van der Waals surface area contributed by atoms with Gasteiger partial charge in [-0.1, -0.05) is 30.3 Å². The highest BCUT2D eigenvalue weighted by molar-refractivity contribution is 7.10. The number of amides is 1. The van der Waals surface area contributed by atoms with Gasteiger partial charge in [0.05, 0.1) is 17.9 Å². The lowest BCUT2D eigenvalue weighted by atomic mass is 10.00. The lowest BCUT2D eigenvalue weighted by Crippen LogP contribution is -2.31. The molecule has 1 aliphatic rings. The third-order valence-electron chi connectivity index (χ3n) is 6.51. The highest BCUT2D eigenvalue weighted by Gasteiger charge is 2.46. The first-order valence-corrected chi connectivity index (χ1v) is 13.0. The van der Waals surface area contributed by atoms with Gasteiger partial charge in [0.25, 0.3) is 11.7 Å². The van der Waals surface area contributed by atoms with E-state index in [1.165, 1.54) is 11.3 Å². The van der Waals surface area contributed by atoms with Crippen molar-refractivity contribution in [2.45, 2.75) is 32.5 Å². The summed E-state index contributed by atoms with van der Waals surface area (Å²) in [4.78, 5) is 32.6. The predicted molar refractivity (Wildman–Crippen MR) is 142 cm³/mol. The van der Waals surface area contributed by atoms with Crippen LogP contribution in [0.3, 0.4) is 0 Å². The van der Waals surface area contributed by atoms with Crippen LogP contribution in [0.15, 0.2) is 90.3 Å². The van der Waals surface area contributed by atoms with E-state index in [0.29, 0.717) is 37.4 Å². The van der Waals surface area contributed by atoms with Crippen LogP contribution >= 0.6 is 11.3 Å². The van der Waals surface area contributed by atoms with Crippen LogP contribution in [-0.2, 0) is 22.7 Å². The molecule has 188 valence electrons. The fraction of sp³-hybridized carbons (Fsp3) is 0.207. The predicted octanol–water partition coefficient (Wildman–Crippen LogP) is 5.34. The third kappa shape index (κ3) is 5.20. The maximum absolute atomic E-state index is 13.1. The Kier molecular flexibility index (Phi) is 7.18. The molecule has 1 fully saturated rings. The zero-order valence-electron chi connectivity index (χ0n) is 20.4. The SMILES string of the molecule is Cc1ccccc1COc1ccc(C(O)=C2C(=O)C(=O)N(CCCn3ccnc3)[C@H]2c2cccs2)cc1. The van der Waals surface area contributed by atoms with Gasteiger partial charge in [-0.3, -0.25) is 9.59 Å². The van der Waals surface area contributed by atoms with Crippen LogP contribution in [0.1, 0.15) is 34.0 Å². The van der Waals surface area contributed by atoms with Crippen LogP contribution in [0.2, 0.25) is 0 Å². The summed E-state index contributed by atoms with van der Waals surface area (Å²) in [5.74, 6) is -0.795. The van der Waals surface area contributed by atoms with Crippen molar-refractivity contribution >= 4 is 28.8 Å². The lowest BCUT2D eigenvalue weighted by molar-refractivity contribution is -0.139. The summed E-state index contributed by atoms with van der Waals surface area (Å²) in [6.45, 7) is 3.52. The first kappa shape index (κ1) is 24.5. The molecule has 4 aromatic rings. The van der Waals surface area contributed by atoms with E-state index in [4.69, 9.17) is 4.74 Å². The van der Waals surface area contributed by atoms with Crippen molar-refractivity contribution in [2.24, 2.45) is 0 Å². The molecular formula is C29H27N3O4S. The maximum Gasteiger partial charge on any atom is 0.295 e. The average molecular weight is 514 g/mol. The molecule has 0 saturated carbocycles. The third-order valence-corrected chi connectivity index (χ3v) is 7.44. The molecule has 1 aliphatic heterocycles. The molecule has 1 amide bonds. The van der Waals surface area contributed by atoms with Crippen LogP contribution in [-0.4, -0.2) is 37.8 Å². The number of rotatable bonds is 9. The highest BCUT2D eigenvalue weighted by atomic mass is 32.1. The summed E-state index contributed by atoms with van der Waals surface area (Å²) in [5, 5.41) is 13.1. The highest BCUT2D eigenvalue weighted by Crippen LogP contribution is 2.41. The van der Waals surface area contributed by atoms with Crippen LogP contribution < -0.4 is 4.74 Å². The Bertz CT molecular complexity index is 1410. The molecule has 0 radical (unpaired) electrons. The van der Waals surface area contributed by atoms with Gasteiger partial charge in [0, 0.05) is 35.9 Å². The van der Waals surface area contributed by atoms with Gasteiger partial charge in [0.2, 0.25) is 0 Å². The molecule has 0 aliphatic carbocycles. The Labute approximate surface area is 219 Å².